The van der Waals surface area contributed by atoms with Gasteiger partial charge in [0, 0.05) is 7.05 Å². The fourth-order valence-electron chi connectivity index (χ4n) is 0.971. The molecule has 5 heteroatoms. The third-order valence-electron chi connectivity index (χ3n) is 1.69. The topological polar surface area (TPSA) is 60.9 Å². The number of rotatable bonds is 2. The lowest BCUT2D eigenvalue weighted by Gasteiger charge is -2.16. The number of Topliss-reactive ketones (excluding diaryl/α,β-unsaturated/α-hetero) is 1. The summed E-state index contributed by atoms with van der Waals surface area (Å²) in [6.07, 6.45) is 1.58. The average molecular weight is 246 g/mol. The van der Waals surface area contributed by atoms with Crippen LogP contribution in [-0.2, 0) is 7.05 Å². The van der Waals surface area contributed by atoms with E-state index in [9.17, 15) is 4.79 Å². The van der Waals surface area contributed by atoms with Crippen LogP contribution in [0.25, 0.3) is 0 Å². The highest BCUT2D eigenvalue weighted by Crippen LogP contribution is 2.19. The normalized spacial score (nSPS) is 11.8. The highest BCUT2D eigenvalue weighted by Gasteiger charge is 2.27. The predicted octanol–water partition coefficient (Wildman–Crippen LogP) is 1.10. The molecule has 1 heterocycles. The quantitative estimate of drug-likeness (QED) is 0.795. The Morgan fingerprint density at radius 3 is 2.54 bits per heavy atom. The minimum atomic E-state index is -0.865. The number of nitrogens with zero attached hydrogens (tertiary/aromatic N) is 2. The van der Waals surface area contributed by atoms with E-state index >= 15 is 0 Å². The largest absolute Gasteiger partial charge is 0.319 e. The summed E-state index contributed by atoms with van der Waals surface area (Å²) in [5.74, 6) is -0.126. The maximum atomic E-state index is 11.8. The zero-order chi connectivity index (χ0) is 10.2. The van der Waals surface area contributed by atoms with Gasteiger partial charge in [0.15, 0.2) is 0 Å². The molecule has 4 nitrogen and oxygen atoms in total. The van der Waals surface area contributed by atoms with E-state index < -0.39 is 5.54 Å². The first-order valence-electron chi connectivity index (χ1n) is 3.85. The van der Waals surface area contributed by atoms with Crippen molar-refractivity contribution in [3.05, 3.63) is 16.4 Å². The molecular formula is C8H12BrN3O. The van der Waals surface area contributed by atoms with E-state index in [-0.39, 0.29) is 5.78 Å². The maximum absolute atomic E-state index is 11.8. The van der Waals surface area contributed by atoms with Crippen molar-refractivity contribution in [2.24, 2.45) is 12.8 Å². The number of aromatic nitrogens is 2. The Morgan fingerprint density at radius 1 is 1.69 bits per heavy atom. The smallest absolute Gasteiger partial charge is 0.201 e. The Kier molecular flexibility index (Phi) is 2.58. The van der Waals surface area contributed by atoms with Crippen LogP contribution in [0.15, 0.2) is 10.7 Å². The molecule has 0 aliphatic rings. The van der Waals surface area contributed by atoms with Crippen molar-refractivity contribution < 1.29 is 4.79 Å². The number of nitrogens with two attached hydrogens (primary N) is 1. The second kappa shape index (κ2) is 3.23. The Labute approximate surface area is 85.2 Å². The molecule has 0 aliphatic heterocycles. The van der Waals surface area contributed by atoms with Crippen LogP contribution in [0.2, 0.25) is 0 Å². The van der Waals surface area contributed by atoms with E-state index in [4.69, 9.17) is 5.73 Å². The van der Waals surface area contributed by atoms with Gasteiger partial charge in [0.1, 0.15) is 5.69 Å². The van der Waals surface area contributed by atoms with Crippen LogP contribution in [0.4, 0.5) is 0 Å². The molecule has 0 bridgehead atoms. The molecule has 0 amide bonds. The van der Waals surface area contributed by atoms with Gasteiger partial charge in [-0.25, -0.2) is 0 Å². The van der Waals surface area contributed by atoms with E-state index in [2.05, 4.69) is 21.0 Å². The molecule has 0 spiro atoms. The zero-order valence-electron chi connectivity index (χ0n) is 7.84. The first-order valence-corrected chi connectivity index (χ1v) is 4.64. The molecular weight excluding hydrogens is 234 g/mol. The highest BCUT2D eigenvalue weighted by molar-refractivity contribution is 9.10. The number of hydrogen-bond acceptors (Lipinski definition) is 3. The molecule has 0 unspecified atom stereocenters. The molecule has 72 valence electrons. The van der Waals surface area contributed by atoms with E-state index in [1.54, 1.807) is 27.1 Å². The lowest BCUT2D eigenvalue weighted by molar-refractivity contribution is 0.0903. The van der Waals surface area contributed by atoms with Gasteiger partial charge in [-0.15, -0.1) is 0 Å². The van der Waals surface area contributed by atoms with Crippen LogP contribution < -0.4 is 5.73 Å². The molecule has 0 fully saturated rings. The van der Waals surface area contributed by atoms with Crippen LogP contribution in [0, 0.1) is 0 Å². The van der Waals surface area contributed by atoms with Gasteiger partial charge >= 0.3 is 0 Å². The van der Waals surface area contributed by atoms with Gasteiger partial charge in [-0.05, 0) is 29.8 Å². The van der Waals surface area contributed by atoms with Gasteiger partial charge in [-0.2, -0.15) is 5.10 Å². The van der Waals surface area contributed by atoms with Crippen molar-refractivity contribution in [3.8, 4) is 0 Å². The molecule has 0 saturated carbocycles. The third kappa shape index (κ3) is 1.97. The number of aryl methyl sites for hydroxylation is 1. The van der Waals surface area contributed by atoms with Gasteiger partial charge in [0.05, 0.1) is 16.2 Å². The van der Waals surface area contributed by atoms with Crippen LogP contribution in [0.5, 0.6) is 0 Å². The molecule has 0 radical (unpaired) electrons. The summed E-state index contributed by atoms with van der Waals surface area (Å²) in [5, 5.41) is 3.94. The van der Waals surface area contributed by atoms with Gasteiger partial charge < -0.3 is 5.73 Å². The molecule has 1 aromatic heterocycles. The third-order valence-corrected chi connectivity index (χ3v) is 2.27. The van der Waals surface area contributed by atoms with E-state index in [1.807, 2.05) is 0 Å². The Balaban J connectivity index is 3.16. The fourth-order valence-corrected chi connectivity index (χ4v) is 1.50. The van der Waals surface area contributed by atoms with E-state index in [0.717, 1.165) is 0 Å². The molecule has 0 saturated heterocycles. The van der Waals surface area contributed by atoms with Crippen molar-refractivity contribution in [2.75, 3.05) is 0 Å². The Morgan fingerprint density at radius 2 is 2.23 bits per heavy atom. The van der Waals surface area contributed by atoms with Crippen LogP contribution in [0.3, 0.4) is 0 Å². The number of ketones is 1. The lowest BCUT2D eigenvalue weighted by Crippen LogP contribution is -2.42. The molecule has 0 atom stereocenters. The first-order chi connectivity index (χ1) is 5.84. The Hall–Kier alpha value is -0.680. The van der Waals surface area contributed by atoms with Crippen molar-refractivity contribution in [2.45, 2.75) is 19.4 Å². The van der Waals surface area contributed by atoms with E-state index in [1.165, 1.54) is 4.68 Å². The minimum absolute atomic E-state index is 0.126. The van der Waals surface area contributed by atoms with Crippen molar-refractivity contribution >= 4 is 21.7 Å². The standard InChI is InChI=1S/C8H12BrN3O/c1-8(2,10)7(13)6-5(9)4-11-12(6)3/h4H,10H2,1-3H3. The van der Waals surface area contributed by atoms with E-state index in [0.29, 0.717) is 10.2 Å². The number of carbonyl (C=O) groups is 1. The summed E-state index contributed by atoms with van der Waals surface area (Å²) < 4.78 is 2.19. The van der Waals surface area contributed by atoms with Gasteiger partial charge in [0.2, 0.25) is 5.78 Å². The predicted molar refractivity (Wildman–Crippen MR) is 53.5 cm³/mol. The van der Waals surface area contributed by atoms with Crippen LogP contribution in [0.1, 0.15) is 24.3 Å². The van der Waals surface area contributed by atoms with Crippen molar-refractivity contribution in [3.63, 3.8) is 0 Å². The molecule has 0 aliphatic carbocycles. The SMILES string of the molecule is Cn1ncc(Br)c1C(=O)C(C)(C)N. The molecule has 1 aromatic rings. The lowest BCUT2D eigenvalue weighted by atomic mass is 9.98. The molecule has 1 rings (SSSR count). The highest BCUT2D eigenvalue weighted by atomic mass is 79.9. The average Bonchev–Trinajstić information content (AvgIpc) is 2.28. The van der Waals surface area contributed by atoms with Crippen LogP contribution in [-0.4, -0.2) is 21.1 Å². The van der Waals surface area contributed by atoms with Gasteiger partial charge in [-0.1, -0.05) is 0 Å². The second-order valence-corrected chi connectivity index (χ2v) is 4.37. The van der Waals surface area contributed by atoms with Crippen molar-refractivity contribution in [1.82, 2.24) is 9.78 Å². The van der Waals surface area contributed by atoms with Crippen molar-refractivity contribution in [1.29, 1.82) is 0 Å². The maximum Gasteiger partial charge on any atom is 0.201 e. The van der Waals surface area contributed by atoms with Gasteiger partial charge in [-0.3, -0.25) is 9.48 Å². The summed E-state index contributed by atoms with van der Waals surface area (Å²) in [6, 6.07) is 0. The summed E-state index contributed by atoms with van der Waals surface area (Å²) in [7, 11) is 1.71. The molecule has 2 N–H and O–H groups in total. The summed E-state index contributed by atoms with van der Waals surface area (Å²) in [6.45, 7) is 3.35. The van der Waals surface area contributed by atoms with Gasteiger partial charge in [0.25, 0.3) is 0 Å². The summed E-state index contributed by atoms with van der Waals surface area (Å²) in [4.78, 5) is 11.8. The van der Waals surface area contributed by atoms with Crippen LogP contribution >= 0.6 is 15.9 Å². The second-order valence-electron chi connectivity index (χ2n) is 3.52. The fraction of sp³-hybridized carbons (Fsp3) is 0.500. The number of halogens is 1. The first kappa shape index (κ1) is 10.4. The summed E-state index contributed by atoms with van der Waals surface area (Å²) in [5.41, 5.74) is 5.34. The summed E-state index contributed by atoms with van der Waals surface area (Å²) >= 11 is 3.25. The minimum Gasteiger partial charge on any atom is -0.319 e. The number of carbonyl (C=O) groups excluding carboxylic acids is 1. The molecule has 0 aromatic carbocycles. The number of hydrogen-bond donors (Lipinski definition) is 1. The Bertz CT molecular complexity index is 318. The molecule has 13 heavy (non-hydrogen) atoms. The zero-order valence-corrected chi connectivity index (χ0v) is 9.42. The monoisotopic (exact) mass is 245 g/mol.